The van der Waals surface area contributed by atoms with Gasteiger partial charge >= 0.3 is 0 Å². The number of hydrogen-bond acceptors (Lipinski definition) is 4. The quantitative estimate of drug-likeness (QED) is 0.843. The third-order valence-electron chi connectivity index (χ3n) is 2.97. The monoisotopic (exact) mass is 296 g/mol. The van der Waals surface area contributed by atoms with Crippen molar-refractivity contribution >= 4 is 11.9 Å². The number of fused-ring (bicyclic) bond motifs is 1. The molecule has 20 heavy (non-hydrogen) atoms. The zero-order chi connectivity index (χ0) is 14.8. The van der Waals surface area contributed by atoms with Gasteiger partial charge < -0.3 is 10.1 Å². The van der Waals surface area contributed by atoms with E-state index in [1.54, 1.807) is 0 Å². The Morgan fingerprint density at radius 3 is 2.50 bits per heavy atom. The molecule has 0 aromatic heterocycles. The predicted molar refractivity (Wildman–Crippen MR) is 88.6 cm³/mol. The summed E-state index contributed by atoms with van der Waals surface area (Å²) >= 11 is 1.87. The van der Waals surface area contributed by atoms with Crippen LogP contribution in [0.3, 0.4) is 0 Å². The maximum atomic E-state index is 5.51. The summed E-state index contributed by atoms with van der Waals surface area (Å²) in [7, 11) is 0. The van der Waals surface area contributed by atoms with Crippen molar-refractivity contribution in [1.82, 2.24) is 9.62 Å². The third kappa shape index (κ3) is 5.00. The average molecular weight is 296 g/mol. The second kappa shape index (κ2) is 10.1. The fourth-order valence-electron chi connectivity index (χ4n) is 2.10. The molecule has 1 saturated heterocycles. The fraction of sp³-hybridized carbons (Fsp3) is 0.625. The molecule has 2 aliphatic heterocycles. The van der Waals surface area contributed by atoms with E-state index >= 15 is 0 Å². The van der Waals surface area contributed by atoms with Gasteiger partial charge in [0.15, 0.2) is 0 Å². The second-order valence-electron chi connectivity index (χ2n) is 4.14. The van der Waals surface area contributed by atoms with Crippen molar-refractivity contribution in [3.63, 3.8) is 0 Å². The number of piperazine rings is 1. The fourth-order valence-corrected chi connectivity index (χ4v) is 3.09. The molecule has 0 atom stereocenters. The van der Waals surface area contributed by atoms with Crippen LogP contribution >= 0.6 is 11.9 Å². The van der Waals surface area contributed by atoms with Gasteiger partial charge in [0.2, 0.25) is 0 Å². The Bertz CT molecular complexity index is 379. The summed E-state index contributed by atoms with van der Waals surface area (Å²) in [6.45, 7) is 13.3. The van der Waals surface area contributed by atoms with E-state index in [4.69, 9.17) is 4.74 Å². The molecule has 0 bridgehead atoms. The topological polar surface area (TPSA) is 24.5 Å². The molecular formula is C16H28N2OS. The molecule has 114 valence electrons. The van der Waals surface area contributed by atoms with E-state index in [2.05, 4.69) is 27.8 Å². The zero-order valence-electron chi connectivity index (χ0n) is 13.2. The number of benzene rings is 1. The first-order valence-corrected chi connectivity index (χ1v) is 8.58. The molecule has 1 N–H and O–H groups in total. The molecular weight excluding hydrogens is 268 g/mol. The zero-order valence-corrected chi connectivity index (χ0v) is 14.1. The lowest BCUT2D eigenvalue weighted by molar-refractivity contribution is 0.356. The smallest absolute Gasteiger partial charge is 0.122 e. The van der Waals surface area contributed by atoms with Crippen LogP contribution in [0, 0.1) is 0 Å². The summed E-state index contributed by atoms with van der Waals surface area (Å²) in [5.41, 5.74) is 1.36. The Hall–Kier alpha value is -0.710. The molecule has 3 rings (SSSR count). The summed E-state index contributed by atoms with van der Waals surface area (Å²) in [4.78, 5) is 1.34. The van der Waals surface area contributed by atoms with Gasteiger partial charge in [-0.1, -0.05) is 27.7 Å². The Balaban J connectivity index is 0.000000461. The minimum Gasteiger partial charge on any atom is -0.493 e. The van der Waals surface area contributed by atoms with Crippen molar-refractivity contribution in [1.29, 1.82) is 0 Å². The molecule has 0 unspecified atom stereocenters. The highest BCUT2D eigenvalue weighted by molar-refractivity contribution is 7.97. The van der Waals surface area contributed by atoms with Crippen molar-refractivity contribution in [3.05, 3.63) is 23.8 Å². The predicted octanol–water partition coefficient (Wildman–Crippen LogP) is 3.59. The maximum absolute atomic E-state index is 5.51. The first-order valence-electron chi connectivity index (χ1n) is 7.81. The first-order chi connectivity index (χ1) is 9.92. The molecule has 1 fully saturated rings. The Morgan fingerprint density at radius 1 is 1.10 bits per heavy atom. The van der Waals surface area contributed by atoms with Gasteiger partial charge in [-0.3, -0.25) is 0 Å². The number of ether oxygens (including phenoxy) is 1. The summed E-state index contributed by atoms with van der Waals surface area (Å²) in [5, 5.41) is 3.37. The average Bonchev–Trinajstić information content (AvgIpc) is 3.00. The van der Waals surface area contributed by atoms with Crippen LogP contribution in [0.5, 0.6) is 5.75 Å². The van der Waals surface area contributed by atoms with E-state index in [-0.39, 0.29) is 0 Å². The molecule has 0 saturated carbocycles. The van der Waals surface area contributed by atoms with Crippen LogP contribution in [0.4, 0.5) is 0 Å². The van der Waals surface area contributed by atoms with E-state index in [9.17, 15) is 0 Å². The van der Waals surface area contributed by atoms with Gasteiger partial charge in [0, 0.05) is 37.5 Å². The van der Waals surface area contributed by atoms with Gasteiger partial charge in [-0.15, -0.1) is 0 Å². The van der Waals surface area contributed by atoms with Gasteiger partial charge in [-0.25, -0.2) is 4.31 Å². The van der Waals surface area contributed by atoms with Gasteiger partial charge in [-0.05, 0) is 35.7 Å². The largest absolute Gasteiger partial charge is 0.493 e. The summed E-state index contributed by atoms with van der Waals surface area (Å²) in [6, 6.07) is 6.54. The maximum Gasteiger partial charge on any atom is 0.122 e. The van der Waals surface area contributed by atoms with Crippen LogP contribution in [0.25, 0.3) is 0 Å². The van der Waals surface area contributed by atoms with Crippen LogP contribution in [0.2, 0.25) is 0 Å². The minimum absolute atomic E-state index is 0.844. The third-order valence-corrected chi connectivity index (χ3v) is 4.06. The molecule has 2 heterocycles. The van der Waals surface area contributed by atoms with Crippen LogP contribution < -0.4 is 10.1 Å². The Labute approximate surface area is 128 Å². The van der Waals surface area contributed by atoms with Crippen LogP contribution in [-0.2, 0) is 6.42 Å². The van der Waals surface area contributed by atoms with Gasteiger partial charge in [-0.2, -0.15) is 0 Å². The van der Waals surface area contributed by atoms with Crippen molar-refractivity contribution in [2.24, 2.45) is 0 Å². The summed E-state index contributed by atoms with van der Waals surface area (Å²) in [5.74, 6) is 1.07. The molecule has 3 nitrogen and oxygen atoms in total. The number of hydrogen-bond donors (Lipinski definition) is 1. The van der Waals surface area contributed by atoms with Crippen LogP contribution in [-0.4, -0.2) is 37.1 Å². The van der Waals surface area contributed by atoms with Crippen LogP contribution in [0.1, 0.15) is 33.3 Å². The normalized spacial score (nSPS) is 17.0. The minimum atomic E-state index is 0.844. The highest BCUT2D eigenvalue weighted by Crippen LogP contribution is 2.31. The molecule has 0 spiro atoms. The summed E-state index contributed by atoms with van der Waals surface area (Å²) in [6.07, 6.45) is 1.06. The molecule has 2 aliphatic rings. The first kappa shape index (κ1) is 17.3. The Kier molecular flexibility index (Phi) is 8.74. The van der Waals surface area contributed by atoms with E-state index in [1.807, 2.05) is 39.6 Å². The van der Waals surface area contributed by atoms with Crippen LogP contribution in [0.15, 0.2) is 23.1 Å². The SMILES string of the molecule is CC.CC.c1cc2c(cc1SN1CCNCC1)CCO2. The van der Waals surface area contributed by atoms with E-state index < -0.39 is 0 Å². The summed E-state index contributed by atoms with van der Waals surface area (Å²) < 4.78 is 7.94. The number of nitrogens with zero attached hydrogens (tertiary/aromatic N) is 1. The Morgan fingerprint density at radius 2 is 1.80 bits per heavy atom. The second-order valence-corrected chi connectivity index (χ2v) is 5.31. The van der Waals surface area contributed by atoms with Crippen molar-refractivity contribution in [3.8, 4) is 5.75 Å². The molecule has 0 aliphatic carbocycles. The van der Waals surface area contributed by atoms with Crippen molar-refractivity contribution in [2.75, 3.05) is 32.8 Å². The van der Waals surface area contributed by atoms with Gasteiger partial charge in [0.1, 0.15) is 5.75 Å². The lowest BCUT2D eigenvalue weighted by Gasteiger charge is -2.25. The molecule has 1 aromatic rings. The van der Waals surface area contributed by atoms with E-state index in [1.165, 1.54) is 10.5 Å². The van der Waals surface area contributed by atoms with Crippen molar-refractivity contribution < 1.29 is 4.74 Å². The molecule has 0 amide bonds. The standard InChI is InChI=1S/C12H16N2OS.2C2H6/c1-2-12-10(3-8-15-12)9-11(1)16-14-6-4-13-5-7-14;2*1-2/h1-2,9,13H,3-8H2;2*1-2H3. The van der Waals surface area contributed by atoms with Crippen molar-refractivity contribution in [2.45, 2.75) is 39.0 Å². The number of nitrogens with one attached hydrogen (secondary N) is 1. The lowest BCUT2D eigenvalue weighted by Crippen LogP contribution is -2.39. The molecule has 1 aromatic carbocycles. The van der Waals surface area contributed by atoms with Gasteiger partial charge in [0.05, 0.1) is 6.61 Å². The molecule has 0 radical (unpaired) electrons. The van der Waals surface area contributed by atoms with Gasteiger partial charge in [0.25, 0.3) is 0 Å². The highest BCUT2D eigenvalue weighted by atomic mass is 32.2. The lowest BCUT2D eigenvalue weighted by atomic mass is 10.2. The highest BCUT2D eigenvalue weighted by Gasteiger charge is 2.15. The number of rotatable bonds is 2. The van der Waals surface area contributed by atoms with E-state index in [0.717, 1.165) is 45.0 Å². The van der Waals surface area contributed by atoms with E-state index in [0.29, 0.717) is 0 Å². The molecule has 4 heteroatoms.